The van der Waals surface area contributed by atoms with Gasteiger partial charge in [0, 0.05) is 25.2 Å². The second-order valence-electron chi connectivity index (χ2n) is 6.70. The number of fused-ring (bicyclic) bond motifs is 1. The fourth-order valence-electron chi connectivity index (χ4n) is 3.26. The van der Waals surface area contributed by atoms with Crippen LogP contribution < -0.4 is 5.32 Å². The van der Waals surface area contributed by atoms with Gasteiger partial charge in [-0.1, -0.05) is 18.6 Å². The lowest BCUT2D eigenvalue weighted by molar-refractivity contribution is 0.0951. The van der Waals surface area contributed by atoms with E-state index in [1.54, 1.807) is 18.5 Å². The third-order valence-electron chi connectivity index (χ3n) is 4.81. The molecule has 1 fully saturated rings. The molecule has 2 N–H and O–H groups in total. The molecule has 7 heteroatoms. The summed E-state index contributed by atoms with van der Waals surface area (Å²) in [6.07, 6.45) is 5.06. The van der Waals surface area contributed by atoms with Crippen molar-refractivity contribution in [3.63, 3.8) is 0 Å². The van der Waals surface area contributed by atoms with Crippen LogP contribution >= 0.6 is 0 Å². The van der Waals surface area contributed by atoms with Crippen LogP contribution in [0.3, 0.4) is 0 Å². The van der Waals surface area contributed by atoms with Crippen LogP contribution in [0.25, 0.3) is 11.0 Å². The van der Waals surface area contributed by atoms with Gasteiger partial charge < -0.3 is 10.3 Å². The maximum atomic E-state index is 12.6. The number of amides is 1. The number of nitrogens with one attached hydrogen (secondary N) is 2. The number of carbonyl (C=O) groups excluding carboxylic acids is 1. The molecule has 0 spiro atoms. The highest BCUT2D eigenvalue weighted by Crippen LogP contribution is 2.18. The van der Waals surface area contributed by atoms with Crippen molar-refractivity contribution in [1.29, 1.82) is 0 Å². The zero-order valence-electron chi connectivity index (χ0n) is 15.0. The molecule has 140 valence electrons. The topological polar surface area (TPSA) is 78.1 Å². The van der Waals surface area contributed by atoms with Crippen molar-refractivity contribution in [2.24, 2.45) is 0 Å². The number of benzene rings is 2. The molecule has 0 aliphatic carbocycles. The minimum Gasteiger partial charge on any atom is -0.348 e. The third-order valence-corrected chi connectivity index (χ3v) is 6.32. The van der Waals surface area contributed by atoms with E-state index in [0.717, 1.165) is 47.4 Å². The van der Waals surface area contributed by atoms with E-state index in [2.05, 4.69) is 15.3 Å². The molecule has 6 nitrogen and oxygen atoms in total. The second-order valence-corrected chi connectivity index (χ2v) is 8.19. The van der Waals surface area contributed by atoms with Gasteiger partial charge in [0.2, 0.25) is 0 Å². The van der Waals surface area contributed by atoms with Crippen LogP contribution in [0.4, 0.5) is 0 Å². The quantitative estimate of drug-likeness (QED) is 0.712. The first-order valence-electron chi connectivity index (χ1n) is 9.18. The van der Waals surface area contributed by atoms with E-state index >= 15 is 0 Å². The average molecular weight is 382 g/mol. The molecule has 0 bridgehead atoms. The van der Waals surface area contributed by atoms with Gasteiger partial charge in [0.25, 0.3) is 5.91 Å². The van der Waals surface area contributed by atoms with E-state index in [1.807, 2.05) is 34.6 Å². The molecule has 4 rings (SSSR count). The van der Waals surface area contributed by atoms with Crippen molar-refractivity contribution < 1.29 is 9.00 Å². The van der Waals surface area contributed by atoms with Gasteiger partial charge >= 0.3 is 0 Å². The summed E-state index contributed by atoms with van der Waals surface area (Å²) in [7, 11) is -1.09. The monoisotopic (exact) mass is 382 g/mol. The lowest BCUT2D eigenvalue weighted by Gasteiger charge is -2.25. The van der Waals surface area contributed by atoms with Gasteiger partial charge in [0.15, 0.2) is 0 Å². The van der Waals surface area contributed by atoms with Crippen molar-refractivity contribution in [3.05, 3.63) is 59.9 Å². The largest absolute Gasteiger partial charge is 0.348 e. The summed E-state index contributed by atoms with van der Waals surface area (Å²) in [6.45, 7) is 2.21. The van der Waals surface area contributed by atoms with Gasteiger partial charge in [0.05, 0.1) is 22.3 Å². The molecule has 27 heavy (non-hydrogen) atoms. The Hall–Kier alpha value is -2.51. The fourth-order valence-corrected chi connectivity index (χ4v) is 4.52. The van der Waals surface area contributed by atoms with Gasteiger partial charge in [0.1, 0.15) is 11.0 Å². The molecule has 1 atom stereocenters. The zero-order chi connectivity index (χ0) is 18.6. The Labute approximate surface area is 160 Å². The predicted molar refractivity (Wildman–Crippen MR) is 106 cm³/mol. The van der Waals surface area contributed by atoms with Crippen molar-refractivity contribution >= 4 is 27.9 Å². The second kappa shape index (κ2) is 8.02. The van der Waals surface area contributed by atoms with Crippen molar-refractivity contribution in [2.75, 3.05) is 13.1 Å². The first kappa shape index (κ1) is 17.9. The Kier molecular flexibility index (Phi) is 5.31. The Morgan fingerprint density at radius 1 is 1.11 bits per heavy atom. The van der Waals surface area contributed by atoms with Crippen molar-refractivity contribution in [3.8, 4) is 0 Å². The highest BCUT2D eigenvalue weighted by Gasteiger charge is 2.17. The van der Waals surface area contributed by atoms with E-state index in [1.165, 1.54) is 6.42 Å². The van der Waals surface area contributed by atoms with E-state index in [4.69, 9.17) is 0 Å². The number of hydrogen-bond acceptors (Lipinski definition) is 3. The van der Waals surface area contributed by atoms with Gasteiger partial charge in [-0.25, -0.2) is 13.5 Å². The lowest BCUT2D eigenvalue weighted by Crippen LogP contribution is -2.31. The summed E-state index contributed by atoms with van der Waals surface area (Å²) in [5.41, 5.74) is 3.25. The number of carbonyl (C=O) groups is 1. The summed E-state index contributed by atoms with van der Waals surface area (Å²) < 4.78 is 14.6. The highest BCUT2D eigenvalue weighted by molar-refractivity contribution is 7.82. The molecule has 1 amide bonds. The number of rotatable bonds is 5. The summed E-state index contributed by atoms with van der Waals surface area (Å²) in [6, 6.07) is 13.0. The van der Waals surface area contributed by atoms with E-state index in [9.17, 15) is 9.00 Å². The molecule has 2 heterocycles. The van der Waals surface area contributed by atoms with E-state index in [0.29, 0.717) is 12.1 Å². The maximum absolute atomic E-state index is 12.6. The molecule has 0 saturated carbocycles. The van der Waals surface area contributed by atoms with Gasteiger partial charge in [-0.05, 0) is 48.7 Å². The van der Waals surface area contributed by atoms with Crippen LogP contribution in [0.1, 0.15) is 35.2 Å². The van der Waals surface area contributed by atoms with Gasteiger partial charge in [-0.3, -0.25) is 4.79 Å². The SMILES string of the molecule is O=C(NCc1ccc(S(=O)N2CCCCC2)cc1)c1ccc2nc[nH]c2c1. The van der Waals surface area contributed by atoms with Crippen LogP contribution in [0.2, 0.25) is 0 Å². The molecule has 1 aliphatic rings. The number of hydrogen-bond donors (Lipinski definition) is 2. The predicted octanol–water partition coefficient (Wildman–Crippen LogP) is 3.00. The Morgan fingerprint density at radius 2 is 1.89 bits per heavy atom. The molecule has 3 aromatic rings. The zero-order valence-corrected chi connectivity index (χ0v) is 15.8. The van der Waals surface area contributed by atoms with Crippen molar-refractivity contribution in [2.45, 2.75) is 30.7 Å². The third kappa shape index (κ3) is 4.09. The van der Waals surface area contributed by atoms with Crippen LogP contribution in [0.5, 0.6) is 0 Å². The van der Waals surface area contributed by atoms with E-state index in [-0.39, 0.29) is 5.91 Å². The van der Waals surface area contributed by atoms with Crippen molar-refractivity contribution in [1.82, 2.24) is 19.6 Å². The Balaban J connectivity index is 1.36. The molecule has 2 aromatic carbocycles. The number of nitrogens with zero attached hydrogens (tertiary/aromatic N) is 2. The molecule has 0 radical (unpaired) electrons. The first-order chi connectivity index (χ1) is 13.2. The minimum absolute atomic E-state index is 0.132. The molecular weight excluding hydrogens is 360 g/mol. The number of aromatic amines is 1. The van der Waals surface area contributed by atoms with E-state index < -0.39 is 11.0 Å². The molecule has 1 unspecified atom stereocenters. The summed E-state index contributed by atoms with van der Waals surface area (Å²) in [4.78, 5) is 20.3. The molecule has 1 aliphatic heterocycles. The Morgan fingerprint density at radius 3 is 2.67 bits per heavy atom. The number of imidazole rings is 1. The summed E-state index contributed by atoms with van der Waals surface area (Å²) in [5.74, 6) is -0.132. The fraction of sp³-hybridized carbons (Fsp3) is 0.300. The number of aromatic nitrogens is 2. The molecule has 1 aromatic heterocycles. The van der Waals surface area contributed by atoms with Crippen LogP contribution in [-0.4, -0.2) is 37.5 Å². The maximum Gasteiger partial charge on any atom is 0.251 e. The smallest absolute Gasteiger partial charge is 0.251 e. The Bertz CT molecular complexity index is 962. The standard InChI is InChI=1S/C20H22N4O2S/c25-20(16-6-9-18-19(12-16)23-14-22-18)21-13-15-4-7-17(8-5-15)27(26)24-10-2-1-3-11-24/h4-9,12,14H,1-3,10-11,13H2,(H,21,25)(H,22,23). The van der Waals surface area contributed by atoms with Crippen LogP contribution in [-0.2, 0) is 17.5 Å². The van der Waals surface area contributed by atoms with Gasteiger partial charge in [-0.2, -0.15) is 0 Å². The molecular formula is C20H22N4O2S. The normalized spacial score (nSPS) is 16.3. The number of piperidine rings is 1. The summed E-state index contributed by atoms with van der Waals surface area (Å²) in [5, 5.41) is 2.92. The minimum atomic E-state index is -1.09. The molecule has 1 saturated heterocycles. The lowest BCUT2D eigenvalue weighted by atomic mass is 10.1. The highest BCUT2D eigenvalue weighted by atomic mass is 32.2. The summed E-state index contributed by atoms with van der Waals surface area (Å²) >= 11 is 0. The average Bonchev–Trinajstić information content (AvgIpc) is 3.20. The van der Waals surface area contributed by atoms with Crippen LogP contribution in [0.15, 0.2) is 53.7 Å². The van der Waals surface area contributed by atoms with Crippen LogP contribution in [0, 0.1) is 0 Å². The first-order valence-corrected chi connectivity index (χ1v) is 10.3. The van der Waals surface area contributed by atoms with Gasteiger partial charge in [-0.15, -0.1) is 0 Å². The number of H-pyrrole nitrogens is 1.